The van der Waals surface area contributed by atoms with Crippen molar-refractivity contribution in [1.82, 2.24) is 10.2 Å². The molecule has 1 atom stereocenters. The van der Waals surface area contributed by atoms with Gasteiger partial charge in [0, 0.05) is 24.0 Å². The SMILES string of the molecule is Cc1ccccc1N(CC(=O)N(Cc1ccccc1)[C@@H](Cc1ccccc1)C(=O)NC1CCCC1)S(=O)(=O)c1ccc(Cl)cc1. The first kappa shape index (κ1) is 32.3. The Balaban J connectivity index is 1.56. The van der Waals surface area contributed by atoms with Crippen LogP contribution in [0.2, 0.25) is 5.02 Å². The minimum Gasteiger partial charge on any atom is -0.352 e. The number of nitrogens with zero attached hydrogens (tertiary/aromatic N) is 2. The molecule has 0 unspecified atom stereocenters. The molecular formula is C36H38ClN3O4S. The molecule has 4 aromatic rings. The van der Waals surface area contributed by atoms with E-state index in [1.54, 1.807) is 25.1 Å². The minimum atomic E-state index is -4.19. The van der Waals surface area contributed by atoms with Gasteiger partial charge in [-0.25, -0.2) is 8.42 Å². The van der Waals surface area contributed by atoms with Crippen LogP contribution in [0, 0.1) is 6.92 Å². The highest BCUT2D eigenvalue weighted by Gasteiger charge is 2.35. The minimum absolute atomic E-state index is 0.0115. The van der Waals surface area contributed by atoms with Gasteiger partial charge >= 0.3 is 0 Å². The molecule has 7 nitrogen and oxygen atoms in total. The zero-order valence-electron chi connectivity index (χ0n) is 25.3. The van der Waals surface area contributed by atoms with Gasteiger partial charge in [0.1, 0.15) is 12.6 Å². The summed E-state index contributed by atoms with van der Waals surface area (Å²) in [5.74, 6) is -0.722. The monoisotopic (exact) mass is 643 g/mol. The van der Waals surface area contributed by atoms with E-state index in [1.165, 1.54) is 29.2 Å². The average molecular weight is 644 g/mol. The molecule has 234 valence electrons. The van der Waals surface area contributed by atoms with E-state index in [1.807, 2.05) is 66.7 Å². The smallest absolute Gasteiger partial charge is 0.264 e. The maximum absolute atomic E-state index is 14.6. The van der Waals surface area contributed by atoms with E-state index >= 15 is 0 Å². The average Bonchev–Trinajstić information content (AvgIpc) is 3.56. The van der Waals surface area contributed by atoms with E-state index in [-0.39, 0.29) is 29.8 Å². The third-order valence-electron chi connectivity index (χ3n) is 8.23. The van der Waals surface area contributed by atoms with Gasteiger partial charge in [-0.2, -0.15) is 0 Å². The number of hydrogen-bond acceptors (Lipinski definition) is 4. The first-order valence-electron chi connectivity index (χ1n) is 15.2. The lowest BCUT2D eigenvalue weighted by Gasteiger charge is -2.34. The number of sulfonamides is 1. The summed E-state index contributed by atoms with van der Waals surface area (Å²) in [4.78, 5) is 30.2. The van der Waals surface area contributed by atoms with Gasteiger partial charge < -0.3 is 10.2 Å². The number of benzene rings is 4. The van der Waals surface area contributed by atoms with Crippen molar-refractivity contribution in [2.24, 2.45) is 0 Å². The number of rotatable bonds is 12. The molecule has 45 heavy (non-hydrogen) atoms. The van der Waals surface area contributed by atoms with Gasteiger partial charge in [0.15, 0.2) is 0 Å². The zero-order valence-corrected chi connectivity index (χ0v) is 26.9. The van der Waals surface area contributed by atoms with Crippen LogP contribution in [0.4, 0.5) is 5.69 Å². The summed E-state index contributed by atoms with van der Waals surface area (Å²) >= 11 is 6.07. The maximum Gasteiger partial charge on any atom is 0.264 e. The van der Waals surface area contributed by atoms with Crippen molar-refractivity contribution in [3.63, 3.8) is 0 Å². The van der Waals surface area contributed by atoms with E-state index < -0.39 is 28.5 Å². The summed E-state index contributed by atoms with van der Waals surface area (Å²) in [5.41, 5.74) is 2.81. The van der Waals surface area contributed by atoms with Crippen molar-refractivity contribution in [2.45, 2.75) is 62.6 Å². The fourth-order valence-electron chi connectivity index (χ4n) is 5.79. The third-order valence-corrected chi connectivity index (χ3v) is 10.3. The van der Waals surface area contributed by atoms with Crippen LogP contribution in [0.3, 0.4) is 0 Å². The zero-order chi connectivity index (χ0) is 31.8. The maximum atomic E-state index is 14.6. The van der Waals surface area contributed by atoms with Crippen LogP contribution in [0.5, 0.6) is 0 Å². The van der Waals surface area contributed by atoms with E-state index in [4.69, 9.17) is 11.6 Å². The van der Waals surface area contributed by atoms with Gasteiger partial charge in [-0.1, -0.05) is 103 Å². The van der Waals surface area contributed by atoms with E-state index in [0.29, 0.717) is 16.3 Å². The topological polar surface area (TPSA) is 86.8 Å². The van der Waals surface area contributed by atoms with Crippen LogP contribution in [-0.2, 0) is 32.6 Å². The summed E-state index contributed by atoms with van der Waals surface area (Å²) in [6, 6.07) is 31.2. The fourth-order valence-corrected chi connectivity index (χ4v) is 7.40. The number of halogens is 1. The number of para-hydroxylation sites is 1. The second kappa shape index (κ2) is 14.8. The summed E-state index contributed by atoms with van der Waals surface area (Å²) < 4.78 is 29.5. The molecule has 1 saturated carbocycles. The predicted octanol–water partition coefficient (Wildman–Crippen LogP) is 6.54. The van der Waals surface area contributed by atoms with Crippen LogP contribution >= 0.6 is 11.6 Å². The second-order valence-electron chi connectivity index (χ2n) is 11.5. The van der Waals surface area contributed by atoms with Crippen LogP contribution in [0.25, 0.3) is 0 Å². The Bertz CT molecular complexity index is 1690. The van der Waals surface area contributed by atoms with Crippen LogP contribution in [0.15, 0.2) is 114 Å². The lowest BCUT2D eigenvalue weighted by atomic mass is 10.0. The van der Waals surface area contributed by atoms with Gasteiger partial charge in [-0.15, -0.1) is 0 Å². The standard InChI is InChI=1S/C36H38ClN3O4S/c1-27-12-8-11-19-33(27)40(45(43,44)32-22-20-30(37)21-23-32)26-35(41)39(25-29-15-6-3-7-16-29)34(24-28-13-4-2-5-14-28)36(42)38-31-17-9-10-18-31/h2-8,11-16,19-23,31,34H,9-10,17-18,24-26H2,1H3,(H,38,42)/t34-/m0/s1. The molecule has 9 heteroatoms. The Labute approximate surface area is 270 Å². The Morgan fingerprint density at radius 1 is 0.822 bits per heavy atom. The molecule has 1 aliphatic carbocycles. The van der Waals surface area contributed by atoms with Crippen LogP contribution < -0.4 is 9.62 Å². The highest BCUT2D eigenvalue weighted by atomic mass is 35.5. The van der Waals surface area contributed by atoms with E-state index in [9.17, 15) is 18.0 Å². The number of anilines is 1. The van der Waals surface area contributed by atoms with E-state index in [0.717, 1.165) is 41.1 Å². The quantitative estimate of drug-likeness (QED) is 0.190. The lowest BCUT2D eigenvalue weighted by molar-refractivity contribution is -0.140. The Morgan fingerprint density at radius 3 is 2.02 bits per heavy atom. The van der Waals surface area contributed by atoms with Gasteiger partial charge in [0.05, 0.1) is 10.6 Å². The number of amides is 2. The first-order chi connectivity index (χ1) is 21.7. The molecular weight excluding hydrogens is 606 g/mol. The highest BCUT2D eigenvalue weighted by Crippen LogP contribution is 2.28. The molecule has 0 radical (unpaired) electrons. The molecule has 0 saturated heterocycles. The Morgan fingerprint density at radius 2 is 1.40 bits per heavy atom. The second-order valence-corrected chi connectivity index (χ2v) is 13.8. The van der Waals surface area contributed by atoms with Gasteiger partial charge in [0.25, 0.3) is 10.0 Å². The lowest BCUT2D eigenvalue weighted by Crippen LogP contribution is -2.54. The summed E-state index contributed by atoms with van der Waals surface area (Å²) in [7, 11) is -4.19. The van der Waals surface area contributed by atoms with Crippen molar-refractivity contribution < 1.29 is 18.0 Å². The molecule has 0 aliphatic heterocycles. The summed E-state index contributed by atoms with van der Waals surface area (Å²) in [6.07, 6.45) is 4.18. The highest BCUT2D eigenvalue weighted by molar-refractivity contribution is 7.92. The van der Waals surface area contributed by atoms with Crippen LogP contribution in [0.1, 0.15) is 42.4 Å². The molecule has 0 aromatic heterocycles. The molecule has 5 rings (SSSR count). The largest absolute Gasteiger partial charge is 0.352 e. The van der Waals surface area contributed by atoms with Crippen molar-refractivity contribution in [1.29, 1.82) is 0 Å². The molecule has 1 aliphatic rings. The van der Waals surface area contributed by atoms with Crippen molar-refractivity contribution in [2.75, 3.05) is 10.8 Å². The summed E-state index contributed by atoms with van der Waals surface area (Å²) in [5, 5.41) is 3.60. The van der Waals surface area contributed by atoms with E-state index in [2.05, 4.69) is 5.32 Å². The summed E-state index contributed by atoms with van der Waals surface area (Å²) in [6.45, 7) is 1.45. The molecule has 4 aromatic carbocycles. The predicted molar refractivity (Wildman–Crippen MR) is 178 cm³/mol. The van der Waals surface area contributed by atoms with Crippen molar-refractivity contribution >= 4 is 39.1 Å². The molecule has 0 bridgehead atoms. The fraction of sp³-hybridized carbons (Fsp3) is 0.278. The molecule has 0 spiro atoms. The van der Waals surface area contributed by atoms with Gasteiger partial charge in [-0.05, 0) is 66.8 Å². The number of aryl methyl sites for hydroxylation is 1. The molecule has 0 heterocycles. The number of carbonyl (C=O) groups excluding carboxylic acids is 2. The number of nitrogens with one attached hydrogen (secondary N) is 1. The first-order valence-corrected chi connectivity index (χ1v) is 17.1. The third kappa shape index (κ3) is 8.12. The normalized spacial score (nSPS) is 14.1. The Kier molecular flexibility index (Phi) is 10.6. The van der Waals surface area contributed by atoms with Crippen LogP contribution in [-0.4, -0.2) is 43.8 Å². The molecule has 2 amide bonds. The van der Waals surface area contributed by atoms with Crippen molar-refractivity contribution in [3.05, 3.63) is 131 Å². The molecule has 1 fully saturated rings. The molecule has 1 N–H and O–H groups in total. The van der Waals surface area contributed by atoms with Gasteiger partial charge in [0.2, 0.25) is 11.8 Å². The Hall–Kier alpha value is -4.14. The number of hydrogen-bond donors (Lipinski definition) is 1. The van der Waals surface area contributed by atoms with Crippen molar-refractivity contribution in [3.8, 4) is 0 Å². The number of carbonyl (C=O) groups is 2. The van der Waals surface area contributed by atoms with Gasteiger partial charge in [-0.3, -0.25) is 13.9 Å².